The van der Waals surface area contributed by atoms with Gasteiger partial charge in [0, 0.05) is 18.0 Å². The molecule has 36 heavy (non-hydrogen) atoms. The molecule has 1 fully saturated rings. The summed E-state index contributed by atoms with van der Waals surface area (Å²) in [6.45, 7) is 6.35. The standard InChI is InChI=1S/C27H34N2O6S/c1-27(2,3)35-26(32)28-14-6-7-18(28)16-29-21-13-12-20(34-5)15-22(21)36-24(23(30)25(29)31)17-8-10-19(33-4)11-9-17/h8-13,15,18,23-24,30H,6-7,14,16H2,1-5H3/t18-,23?,24?/m0/s1. The molecule has 0 bridgehead atoms. The molecule has 2 amide bonds. The zero-order valence-electron chi connectivity index (χ0n) is 21.4. The van der Waals surface area contributed by atoms with Crippen LogP contribution >= 0.6 is 11.8 Å². The molecular weight excluding hydrogens is 480 g/mol. The van der Waals surface area contributed by atoms with Crippen LogP contribution in [0.2, 0.25) is 0 Å². The molecule has 0 aromatic heterocycles. The van der Waals surface area contributed by atoms with Crippen LogP contribution in [0.1, 0.15) is 44.4 Å². The van der Waals surface area contributed by atoms with Crippen molar-refractivity contribution in [1.29, 1.82) is 0 Å². The van der Waals surface area contributed by atoms with Crippen molar-refractivity contribution in [3.8, 4) is 11.5 Å². The van der Waals surface area contributed by atoms with Gasteiger partial charge in [-0.15, -0.1) is 11.8 Å². The maximum absolute atomic E-state index is 13.7. The molecule has 2 heterocycles. The van der Waals surface area contributed by atoms with Crippen LogP contribution in [0.15, 0.2) is 47.4 Å². The molecule has 8 nitrogen and oxygen atoms in total. The Morgan fingerprint density at radius 1 is 1.08 bits per heavy atom. The Bertz CT molecular complexity index is 1100. The number of methoxy groups -OCH3 is 2. The van der Waals surface area contributed by atoms with E-state index in [-0.39, 0.29) is 18.7 Å². The van der Waals surface area contributed by atoms with Gasteiger partial charge in [0.2, 0.25) is 0 Å². The van der Waals surface area contributed by atoms with Crippen molar-refractivity contribution in [3.63, 3.8) is 0 Å². The number of benzene rings is 2. The van der Waals surface area contributed by atoms with Crippen molar-refractivity contribution in [1.82, 2.24) is 4.90 Å². The van der Waals surface area contributed by atoms with E-state index in [1.54, 1.807) is 30.1 Å². The molecule has 1 N–H and O–H groups in total. The summed E-state index contributed by atoms with van der Waals surface area (Å²) in [5.74, 6) is 0.961. The van der Waals surface area contributed by atoms with Gasteiger partial charge in [-0.2, -0.15) is 0 Å². The smallest absolute Gasteiger partial charge is 0.410 e. The fourth-order valence-electron chi connectivity index (χ4n) is 4.58. The van der Waals surface area contributed by atoms with E-state index >= 15 is 0 Å². The SMILES string of the molecule is COc1ccc(C2Sc3cc(OC)ccc3N(C[C@@H]3CCCN3C(=O)OC(C)(C)C)C(=O)C2O)cc1. The lowest BCUT2D eigenvalue weighted by atomic mass is 10.1. The molecule has 1 saturated heterocycles. The van der Waals surface area contributed by atoms with E-state index in [1.807, 2.05) is 57.2 Å². The van der Waals surface area contributed by atoms with E-state index in [0.717, 1.165) is 23.3 Å². The molecule has 2 aliphatic rings. The van der Waals surface area contributed by atoms with Crippen LogP contribution in [0.4, 0.5) is 10.5 Å². The molecule has 0 spiro atoms. The number of thioether (sulfide) groups is 1. The summed E-state index contributed by atoms with van der Waals surface area (Å²) in [7, 11) is 3.19. The van der Waals surface area contributed by atoms with Crippen LogP contribution < -0.4 is 14.4 Å². The fraction of sp³-hybridized carbons (Fsp3) is 0.481. The van der Waals surface area contributed by atoms with Gasteiger partial charge < -0.3 is 29.1 Å². The first-order valence-corrected chi connectivity index (χ1v) is 13.0. The van der Waals surface area contributed by atoms with Crippen molar-refractivity contribution in [2.24, 2.45) is 0 Å². The molecule has 3 atom stereocenters. The summed E-state index contributed by atoms with van der Waals surface area (Å²) in [6.07, 6.45) is -0.0845. The summed E-state index contributed by atoms with van der Waals surface area (Å²) in [5.41, 5.74) is 0.898. The minimum atomic E-state index is -1.28. The average Bonchev–Trinajstić information content (AvgIpc) is 3.29. The van der Waals surface area contributed by atoms with E-state index in [2.05, 4.69) is 0 Å². The van der Waals surface area contributed by atoms with Crippen molar-refractivity contribution in [3.05, 3.63) is 48.0 Å². The second kappa shape index (κ2) is 10.6. The third-order valence-electron chi connectivity index (χ3n) is 6.36. The highest BCUT2D eigenvalue weighted by atomic mass is 32.2. The maximum atomic E-state index is 13.7. The molecule has 0 saturated carbocycles. The monoisotopic (exact) mass is 514 g/mol. The summed E-state index contributed by atoms with van der Waals surface area (Å²) in [4.78, 5) is 30.7. The summed E-state index contributed by atoms with van der Waals surface area (Å²) >= 11 is 1.42. The lowest BCUT2D eigenvalue weighted by Gasteiger charge is -2.33. The number of aliphatic hydroxyl groups is 1. The third kappa shape index (κ3) is 5.57. The van der Waals surface area contributed by atoms with Crippen molar-refractivity contribution in [2.45, 2.75) is 61.5 Å². The normalized spacial score (nSPS) is 22.2. The number of carbonyl (C=O) groups is 2. The number of likely N-dealkylation sites (tertiary alicyclic amines) is 1. The van der Waals surface area contributed by atoms with Gasteiger partial charge >= 0.3 is 6.09 Å². The molecule has 9 heteroatoms. The Kier molecular flexibility index (Phi) is 7.70. The van der Waals surface area contributed by atoms with Crippen LogP contribution in [0.5, 0.6) is 11.5 Å². The fourth-order valence-corrected chi connectivity index (χ4v) is 5.87. The number of nitrogens with zero attached hydrogens (tertiary/aromatic N) is 2. The summed E-state index contributed by atoms with van der Waals surface area (Å²) in [5, 5.41) is 10.8. The molecule has 2 aliphatic heterocycles. The van der Waals surface area contributed by atoms with Crippen molar-refractivity contribution in [2.75, 3.05) is 32.2 Å². The van der Waals surface area contributed by atoms with E-state index < -0.39 is 22.9 Å². The highest BCUT2D eigenvalue weighted by molar-refractivity contribution is 7.99. The lowest BCUT2D eigenvalue weighted by molar-refractivity contribution is -0.126. The number of aliphatic hydroxyl groups excluding tert-OH is 1. The Hall–Kier alpha value is -2.91. The number of hydrogen-bond donors (Lipinski definition) is 1. The van der Waals surface area contributed by atoms with Crippen LogP contribution in [0.3, 0.4) is 0 Å². The van der Waals surface area contributed by atoms with Crippen LogP contribution in [-0.4, -0.2) is 67.1 Å². The average molecular weight is 515 g/mol. The second-order valence-corrected chi connectivity index (χ2v) is 11.2. The number of anilines is 1. The van der Waals surface area contributed by atoms with Gasteiger partial charge in [0.05, 0.1) is 31.2 Å². The zero-order valence-corrected chi connectivity index (χ0v) is 22.2. The highest BCUT2D eigenvalue weighted by Crippen LogP contribution is 2.47. The molecule has 0 aliphatic carbocycles. The van der Waals surface area contributed by atoms with E-state index in [9.17, 15) is 14.7 Å². The van der Waals surface area contributed by atoms with Gasteiger partial charge in [-0.3, -0.25) is 4.79 Å². The molecule has 2 unspecified atom stereocenters. The van der Waals surface area contributed by atoms with Gasteiger partial charge in [0.25, 0.3) is 5.91 Å². The Labute approximate surface area is 216 Å². The first-order valence-electron chi connectivity index (χ1n) is 12.1. The predicted octanol–water partition coefficient (Wildman–Crippen LogP) is 4.64. The Morgan fingerprint density at radius 2 is 1.75 bits per heavy atom. The van der Waals surface area contributed by atoms with E-state index in [1.165, 1.54) is 11.8 Å². The molecule has 2 aromatic rings. The highest BCUT2D eigenvalue weighted by Gasteiger charge is 2.41. The topological polar surface area (TPSA) is 88.5 Å². The van der Waals surface area contributed by atoms with Crippen LogP contribution in [0.25, 0.3) is 0 Å². The van der Waals surface area contributed by atoms with E-state index in [0.29, 0.717) is 23.7 Å². The van der Waals surface area contributed by atoms with Crippen LogP contribution in [0, 0.1) is 0 Å². The Morgan fingerprint density at radius 3 is 2.39 bits per heavy atom. The summed E-state index contributed by atoms with van der Waals surface area (Å²) < 4.78 is 16.3. The Balaban J connectivity index is 1.67. The number of ether oxygens (including phenoxy) is 3. The predicted molar refractivity (Wildman–Crippen MR) is 139 cm³/mol. The molecule has 2 aromatic carbocycles. The van der Waals surface area contributed by atoms with E-state index in [4.69, 9.17) is 14.2 Å². The minimum Gasteiger partial charge on any atom is -0.497 e. The minimum absolute atomic E-state index is 0.214. The summed E-state index contributed by atoms with van der Waals surface area (Å²) in [6, 6.07) is 12.7. The largest absolute Gasteiger partial charge is 0.497 e. The third-order valence-corrected chi connectivity index (χ3v) is 7.73. The molecule has 0 radical (unpaired) electrons. The molecule has 194 valence electrons. The maximum Gasteiger partial charge on any atom is 0.410 e. The number of fused-ring (bicyclic) bond motifs is 1. The van der Waals surface area contributed by atoms with Gasteiger partial charge in [0.1, 0.15) is 23.2 Å². The van der Waals surface area contributed by atoms with Gasteiger partial charge in [-0.25, -0.2) is 4.79 Å². The zero-order chi connectivity index (χ0) is 26.0. The van der Waals surface area contributed by atoms with Crippen LogP contribution in [-0.2, 0) is 9.53 Å². The number of hydrogen-bond acceptors (Lipinski definition) is 7. The van der Waals surface area contributed by atoms with Gasteiger partial charge in [-0.1, -0.05) is 12.1 Å². The quantitative estimate of drug-likeness (QED) is 0.622. The first-order chi connectivity index (χ1) is 17.1. The van der Waals surface area contributed by atoms with Gasteiger partial charge in [0.15, 0.2) is 0 Å². The van der Waals surface area contributed by atoms with Gasteiger partial charge in [-0.05, 0) is 69.5 Å². The van der Waals surface area contributed by atoms with Crippen molar-refractivity contribution < 1.29 is 28.9 Å². The number of rotatable bonds is 5. The number of carbonyl (C=O) groups excluding carboxylic acids is 2. The molecule has 4 rings (SSSR count). The van der Waals surface area contributed by atoms with Crippen molar-refractivity contribution >= 4 is 29.4 Å². The first kappa shape index (κ1) is 26.2. The molecular formula is C27H34N2O6S. The number of amides is 2. The lowest BCUT2D eigenvalue weighted by Crippen LogP contribution is -2.49. The second-order valence-electron chi connectivity index (χ2n) is 10.0.